The zero-order chi connectivity index (χ0) is 14.2. The molecule has 0 saturated carbocycles. The maximum atomic E-state index is 12.1. The van der Waals surface area contributed by atoms with E-state index < -0.39 is 22.8 Å². The van der Waals surface area contributed by atoms with Gasteiger partial charge in [0, 0.05) is 7.05 Å². The van der Waals surface area contributed by atoms with Crippen molar-refractivity contribution in [3.05, 3.63) is 32.7 Å². The molecule has 0 amide bonds. The lowest BCUT2D eigenvalue weighted by Gasteiger charge is -2.10. The molecule has 0 aliphatic carbocycles. The molecule has 1 N–H and O–H groups in total. The Morgan fingerprint density at radius 1 is 1.53 bits per heavy atom. The van der Waals surface area contributed by atoms with Crippen LogP contribution < -0.4 is 5.56 Å². The first kappa shape index (κ1) is 13.5. The van der Waals surface area contributed by atoms with E-state index in [1.165, 1.54) is 11.6 Å². The van der Waals surface area contributed by atoms with Crippen LogP contribution in [0.3, 0.4) is 0 Å². The highest BCUT2D eigenvalue weighted by atomic mass is 79.9. The number of fused-ring (bicyclic) bond motifs is 1. The molecule has 0 fully saturated rings. The van der Waals surface area contributed by atoms with Gasteiger partial charge in [-0.2, -0.15) is 0 Å². The van der Waals surface area contributed by atoms with Gasteiger partial charge in [-0.05, 0) is 35.0 Å². The molecule has 100 valence electrons. The summed E-state index contributed by atoms with van der Waals surface area (Å²) in [5, 5.41) is 10.1. The Morgan fingerprint density at radius 3 is 2.84 bits per heavy atom. The summed E-state index contributed by atoms with van der Waals surface area (Å²) in [4.78, 5) is 27.9. The van der Waals surface area contributed by atoms with Crippen molar-refractivity contribution in [1.29, 1.82) is 0 Å². The van der Waals surface area contributed by atoms with E-state index in [1.54, 1.807) is 19.1 Å². The van der Waals surface area contributed by atoms with E-state index in [4.69, 9.17) is 4.74 Å². The van der Waals surface area contributed by atoms with E-state index >= 15 is 0 Å². The third kappa shape index (κ3) is 2.21. The van der Waals surface area contributed by atoms with Crippen LogP contribution in [-0.4, -0.2) is 27.2 Å². The predicted molar refractivity (Wildman–Crippen MR) is 72.3 cm³/mol. The number of ether oxygens (including phenoxy) is 1. The van der Waals surface area contributed by atoms with Gasteiger partial charge in [0.2, 0.25) is 0 Å². The normalized spacial score (nSPS) is 10.7. The van der Waals surface area contributed by atoms with Gasteiger partial charge in [-0.3, -0.25) is 4.79 Å². The van der Waals surface area contributed by atoms with Crippen molar-refractivity contribution in [3.8, 4) is 5.75 Å². The molecule has 0 spiro atoms. The highest BCUT2D eigenvalue weighted by Gasteiger charge is 2.23. The van der Waals surface area contributed by atoms with Crippen molar-refractivity contribution in [2.24, 2.45) is 7.05 Å². The SMILES string of the molecule is CCOC(=O)c1c(O)c2nc(Br)ccc2n(C)c1=O. The lowest BCUT2D eigenvalue weighted by atomic mass is 10.2. The number of aryl methyl sites for hydroxylation is 1. The first-order valence-corrected chi connectivity index (χ1v) is 6.32. The molecule has 0 saturated heterocycles. The molecular weight excluding hydrogens is 316 g/mol. The van der Waals surface area contributed by atoms with Crippen LogP contribution in [0.15, 0.2) is 21.5 Å². The van der Waals surface area contributed by atoms with E-state index in [9.17, 15) is 14.7 Å². The molecule has 2 aromatic rings. The molecule has 2 rings (SSSR count). The molecule has 6 nitrogen and oxygen atoms in total. The minimum absolute atomic E-state index is 0.116. The first-order chi connectivity index (χ1) is 8.97. The van der Waals surface area contributed by atoms with Crippen molar-refractivity contribution >= 4 is 32.9 Å². The Kier molecular flexibility index (Phi) is 3.57. The lowest BCUT2D eigenvalue weighted by molar-refractivity contribution is 0.0520. The van der Waals surface area contributed by atoms with Gasteiger partial charge in [-0.15, -0.1) is 0 Å². The Labute approximate surface area is 116 Å². The van der Waals surface area contributed by atoms with Crippen molar-refractivity contribution in [2.45, 2.75) is 6.92 Å². The number of hydrogen-bond acceptors (Lipinski definition) is 5. The van der Waals surface area contributed by atoms with Crippen molar-refractivity contribution in [2.75, 3.05) is 6.61 Å². The zero-order valence-electron chi connectivity index (χ0n) is 10.3. The minimum Gasteiger partial charge on any atom is -0.505 e. The Hall–Kier alpha value is -1.89. The van der Waals surface area contributed by atoms with Crippen LogP contribution in [-0.2, 0) is 11.8 Å². The summed E-state index contributed by atoms with van der Waals surface area (Å²) < 4.78 is 6.51. The largest absolute Gasteiger partial charge is 0.505 e. The number of hydrogen-bond donors (Lipinski definition) is 1. The average Bonchev–Trinajstić information content (AvgIpc) is 2.36. The number of carbonyl (C=O) groups excluding carboxylic acids is 1. The second kappa shape index (κ2) is 5.00. The number of aromatic nitrogens is 2. The molecule has 0 radical (unpaired) electrons. The zero-order valence-corrected chi connectivity index (χ0v) is 11.9. The van der Waals surface area contributed by atoms with Gasteiger partial charge in [0.25, 0.3) is 5.56 Å². The van der Waals surface area contributed by atoms with E-state index in [-0.39, 0.29) is 12.1 Å². The fourth-order valence-electron chi connectivity index (χ4n) is 1.76. The van der Waals surface area contributed by atoms with Gasteiger partial charge >= 0.3 is 5.97 Å². The van der Waals surface area contributed by atoms with Gasteiger partial charge < -0.3 is 14.4 Å². The monoisotopic (exact) mass is 326 g/mol. The number of nitrogens with zero attached hydrogens (tertiary/aromatic N) is 2. The fourth-order valence-corrected chi connectivity index (χ4v) is 2.07. The number of esters is 1. The van der Waals surface area contributed by atoms with Crippen LogP contribution in [0.2, 0.25) is 0 Å². The van der Waals surface area contributed by atoms with Crippen molar-refractivity contribution in [3.63, 3.8) is 0 Å². The van der Waals surface area contributed by atoms with Gasteiger partial charge in [0.1, 0.15) is 10.1 Å². The van der Waals surface area contributed by atoms with Crippen molar-refractivity contribution < 1.29 is 14.6 Å². The van der Waals surface area contributed by atoms with E-state index in [2.05, 4.69) is 20.9 Å². The molecule has 0 aliphatic rings. The fraction of sp³-hybridized carbons (Fsp3) is 0.250. The van der Waals surface area contributed by atoms with Crippen LogP contribution in [0.4, 0.5) is 0 Å². The second-order valence-corrected chi connectivity index (χ2v) is 4.62. The third-order valence-electron chi connectivity index (χ3n) is 2.66. The third-order valence-corrected chi connectivity index (χ3v) is 3.10. The quantitative estimate of drug-likeness (QED) is 0.669. The Morgan fingerprint density at radius 2 is 2.21 bits per heavy atom. The number of halogens is 1. The lowest BCUT2D eigenvalue weighted by Crippen LogP contribution is -2.26. The number of carbonyl (C=O) groups is 1. The minimum atomic E-state index is -0.857. The Balaban J connectivity index is 2.86. The molecule has 2 aromatic heterocycles. The predicted octanol–water partition coefficient (Wildman–Crippen LogP) is 1.58. The van der Waals surface area contributed by atoms with Crippen LogP contribution in [0.5, 0.6) is 5.75 Å². The van der Waals surface area contributed by atoms with Gasteiger partial charge in [-0.25, -0.2) is 9.78 Å². The van der Waals surface area contributed by atoms with Gasteiger partial charge in [0.15, 0.2) is 11.3 Å². The van der Waals surface area contributed by atoms with E-state index in [0.717, 1.165) is 0 Å². The maximum Gasteiger partial charge on any atom is 0.347 e. The van der Waals surface area contributed by atoms with Crippen LogP contribution in [0, 0.1) is 0 Å². The molecule has 0 atom stereocenters. The number of rotatable bonds is 2. The van der Waals surface area contributed by atoms with E-state index in [1.807, 2.05) is 0 Å². The van der Waals surface area contributed by atoms with Crippen LogP contribution >= 0.6 is 15.9 Å². The molecular formula is C12H11BrN2O4. The highest BCUT2D eigenvalue weighted by molar-refractivity contribution is 9.10. The molecule has 7 heteroatoms. The molecule has 0 aromatic carbocycles. The Bertz CT molecular complexity index is 724. The summed E-state index contributed by atoms with van der Waals surface area (Å²) in [6, 6.07) is 3.27. The number of aromatic hydroxyl groups is 1. The summed E-state index contributed by atoms with van der Waals surface area (Å²) in [5.41, 5.74) is -0.423. The molecule has 2 heterocycles. The average molecular weight is 327 g/mol. The second-order valence-electron chi connectivity index (χ2n) is 3.81. The standard InChI is InChI=1S/C12H11BrN2O4/c1-3-19-12(18)8-10(16)9-6(15(2)11(8)17)4-5-7(13)14-9/h4-5,16H,3H2,1-2H3. The first-order valence-electron chi connectivity index (χ1n) is 5.52. The van der Waals surface area contributed by atoms with Crippen molar-refractivity contribution in [1.82, 2.24) is 9.55 Å². The molecule has 0 unspecified atom stereocenters. The van der Waals surface area contributed by atoms with Crippen LogP contribution in [0.25, 0.3) is 11.0 Å². The maximum absolute atomic E-state index is 12.1. The van der Waals surface area contributed by atoms with Crippen LogP contribution in [0.1, 0.15) is 17.3 Å². The van der Waals surface area contributed by atoms with E-state index in [0.29, 0.717) is 10.1 Å². The topological polar surface area (TPSA) is 81.4 Å². The number of pyridine rings is 2. The molecule has 0 bridgehead atoms. The highest BCUT2D eigenvalue weighted by Crippen LogP contribution is 2.26. The molecule has 19 heavy (non-hydrogen) atoms. The summed E-state index contributed by atoms with van der Waals surface area (Å²) in [5.74, 6) is -1.32. The smallest absolute Gasteiger partial charge is 0.347 e. The summed E-state index contributed by atoms with van der Waals surface area (Å²) in [6.07, 6.45) is 0. The summed E-state index contributed by atoms with van der Waals surface area (Å²) in [6.45, 7) is 1.74. The molecule has 0 aliphatic heterocycles. The summed E-state index contributed by atoms with van der Waals surface area (Å²) in [7, 11) is 1.50. The summed E-state index contributed by atoms with van der Waals surface area (Å²) >= 11 is 3.18. The van der Waals surface area contributed by atoms with Gasteiger partial charge in [0.05, 0.1) is 12.1 Å². The van der Waals surface area contributed by atoms with Gasteiger partial charge in [-0.1, -0.05) is 0 Å².